The number of aliphatic hydroxyl groups is 1. The lowest BCUT2D eigenvalue weighted by atomic mass is 9.61. The van der Waals surface area contributed by atoms with Gasteiger partial charge in [-0.05, 0) is 19.8 Å². The lowest BCUT2D eigenvalue weighted by molar-refractivity contribution is -0.173. The molecule has 0 radical (unpaired) electrons. The van der Waals surface area contributed by atoms with E-state index in [1.807, 2.05) is 15.8 Å². The molecule has 2 saturated carbocycles. The van der Waals surface area contributed by atoms with E-state index in [0.717, 1.165) is 38.8 Å². The topological polar surface area (TPSA) is 80.5 Å². The van der Waals surface area contributed by atoms with E-state index < -0.39 is 6.10 Å². The Balaban J connectivity index is 1.36. The molecular formula is C15H20N4O3. The van der Waals surface area contributed by atoms with E-state index in [4.69, 9.17) is 4.74 Å². The Bertz CT molecular complexity index is 623. The van der Waals surface area contributed by atoms with Crippen molar-refractivity contribution in [2.45, 2.75) is 56.0 Å². The second kappa shape index (κ2) is 3.71. The Kier molecular flexibility index (Phi) is 2.19. The highest BCUT2D eigenvalue weighted by molar-refractivity contribution is 5.84. The monoisotopic (exact) mass is 304 g/mol. The predicted molar refractivity (Wildman–Crippen MR) is 74.8 cm³/mol. The van der Waals surface area contributed by atoms with Crippen molar-refractivity contribution in [3.63, 3.8) is 0 Å². The Morgan fingerprint density at radius 2 is 2.09 bits per heavy atom. The summed E-state index contributed by atoms with van der Waals surface area (Å²) < 4.78 is 7.89. The van der Waals surface area contributed by atoms with Crippen molar-refractivity contribution in [3.05, 3.63) is 12.4 Å². The smallest absolute Gasteiger partial charge is 0.254 e. The largest absolute Gasteiger partial charge is 0.393 e. The molecule has 22 heavy (non-hydrogen) atoms. The molecular weight excluding hydrogens is 284 g/mol. The average Bonchev–Trinajstić information content (AvgIpc) is 3.02. The Morgan fingerprint density at radius 1 is 1.36 bits per heavy atom. The molecule has 1 aromatic heterocycles. The zero-order valence-electron chi connectivity index (χ0n) is 12.6. The number of hydrogen-bond donors (Lipinski definition) is 1. The van der Waals surface area contributed by atoms with Crippen molar-refractivity contribution in [3.8, 4) is 0 Å². The highest BCUT2D eigenvalue weighted by atomic mass is 16.5. The van der Waals surface area contributed by atoms with Gasteiger partial charge in [0.05, 0.1) is 17.9 Å². The van der Waals surface area contributed by atoms with Crippen LogP contribution in [0.15, 0.2) is 12.4 Å². The summed E-state index contributed by atoms with van der Waals surface area (Å²) in [7, 11) is 0. The fraction of sp³-hybridized carbons (Fsp3) is 0.800. The van der Waals surface area contributed by atoms with E-state index in [2.05, 4.69) is 17.2 Å². The minimum Gasteiger partial charge on any atom is -0.393 e. The van der Waals surface area contributed by atoms with Gasteiger partial charge in [-0.25, -0.2) is 4.68 Å². The van der Waals surface area contributed by atoms with Crippen LogP contribution in [0, 0.1) is 5.41 Å². The normalized spacial score (nSPS) is 41.9. The maximum Gasteiger partial charge on any atom is 0.254 e. The molecule has 0 aromatic carbocycles. The van der Waals surface area contributed by atoms with Gasteiger partial charge in [0, 0.05) is 37.5 Å². The van der Waals surface area contributed by atoms with Crippen molar-refractivity contribution >= 4 is 5.91 Å². The number of rotatable bonds is 2. The van der Waals surface area contributed by atoms with Crippen LogP contribution in [0.5, 0.6) is 0 Å². The molecule has 7 nitrogen and oxygen atoms in total. The molecule has 1 N–H and O–H groups in total. The number of ether oxygens (including phenoxy) is 1. The molecule has 4 heterocycles. The number of likely N-dealkylation sites (tertiary alicyclic amines) is 1. The van der Waals surface area contributed by atoms with Gasteiger partial charge >= 0.3 is 0 Å². The van der Waals surface area contributed by atoms with E-state index in [1.165, 1.54) is 0 Å². The van der Waals surface area contributed by atoms with Crippen molar-refractivity contribution < 1.29 is 14.6 Å². The molecule has 3 aliphatic heterocycles. The summed E-state index contributed by atoms with van der Waals surface area (Å²) in [4.78, 5) is 14.8. The second-order valence-corrected chi connectivity index (χ2v) is 8.01. The van der Waals surface area contributed by atoms with E-state index in [1.54, 1.807) is 6.20 Å². The highest BCUT2D eigenvalue weighted by Crippen LogP contribution is 2.60. The van der Waals surface area contributed by atoms with Crippen molar-refractivity contribution in [2.75, 3.05) is 13.1 Å². The zero-order chi connectivity index (χ0) is 15.2. The first kappa shape index (κ1) is 13.0. The van der Waals surface area contributed by atoms with E-state index in [-0.39, 0.29) is 28.6 Å². The Morgan fingerprint density at radius 3 is 2.68 bits per heavy atom. The van der Waals surface area contributed by atoms with Gasteiger partial charge < -0.3 is 14.7 Å². The minimum absolute atomic E-state index is 0.0729. The molecule has 6 rings (SSSR count). The Hall–Kier alpha value is -1.47. The molecule has 118 valence electrons. The third-order valence-corrected chi connectivity index (χ3v) is 6.06. The molecule has 1 amide bonds. The fourth-order valence-electron chi connectivity index (χ4n) is 5.20. The first-order valence-corrected chi connectivity index (χ1v) is 7.95. The first-order chi connectivity index (χ1) is 10.4. The number of aliphatic hydroxyl groups excluding tert-OH is 1. The van der Waals surface area contributed by atoms with Crippen LogP contribution in [0.2, 0.25) is 0 Å². The molecule has 1 unspecified atom stereocenters. The number of fused-ring (bicyclic) bond motifs is 1. The summed E-state index contributed by atoms with van der Waals surface area (Å²) >= 11 is 0. The van der Waals surface area contributed by atoms with Gasteiger partial charge in [-0.1, -0.05) is 5.21 Å². The zero-order valence-corrected chi connectivity index (χ0v) is 12.6. The maximum absolute atomic E-state index is 12.9. The molecule has 3 saturated heterocycles. The molecule has 2 aliphatic carbocycles. The first-order valence-electron chi connectivity index (χ1n) is 7.95. The lowest BCUT2D eigenvalue weighted by Crippen LogP contribution is -2.67. The van der Waals surface area contributed by atoms with Crippen molar-refractivity contribution in [1.82, 2.24) is 19.9 Å². The summed E-state index contributed by atoms with van der Waals surface area (Å²) in [5, 5.41) is 17.5. The van der Waals surface area contributed by atoms with Gasteiger partial charge in [0.15, 0.2) is 6.10 Å². The minimum atomic E-state index is -0.457. The highest BCUT2D eigenvalue weighted by Gasteiger charge is 2.71. The van der Waals surface area contributed by atoms with Crippen LogP contribution in [0.4, 0.5) is 0 Å². The summed E-state index contributed by atoms with van der Waals surface area (Å²) in [6, 6.07) is 0. The van der Waals surface area contributed by atoms with Crippen LogP contribution in [-0.4, -0.2) is 61.8 Å². The van der Waals surface area contributed by atoms with Gasteiger partial charge in [-0.15, -0.1) is 5.10 Å². The van der Waals surface area contributed by atoms with E-state index in [9.17, 15) is 9.90 Å². The summed E-state index contributed by atoms with van der Waals surface area (Å²) in [6.45, 7) is 3.58. The van der Waals surface area contributed by atoms with Crippen LogP contribution < -0.4 is 0 Å². The van der Waals surface area contributed by atoms with E-state index >= 15 is 0 Å². The molecule has 7 heteroatoms. The number of hydrogen-bond acceptors (Lipinski definition) is 5. The third kappa shape index (κ3) is 1.46. The van der Waals surface area contributed by atoms with Gasteiger partial charge in [-0.3, -0.25) is 4.79 Å². The van der Waals surface area contributed by atoms with Crippen LogP contribution in [-0.2, 0) is 15.1 Å². The van der Waals surface area contributed by atoms with Crippen molar-refractivity contribution in [2.24, 2.45) is 5.41 Å². The molecule has 5 fully saturated rings. The lowest BCUT2D eigenvalue weighted by Gasteiger charge is -2.58. The van der Waals surface area contributed by atoms with Gasteiger partial charge in [0.1, 0.15) is 5.54 Å². The predicted octanol–water partition coefficient (Wildman–Crippen LogP) is -0.0920. The van der Waals surface area contributed by atoms with Crippen LogP contribution >= 0.6 is 0 Å². The van der Waals surface area contributed by atoms with Gasteiger partial charge in [0.25, 0.3) is 5.91 Å². The second-order valence-electron chi connectivity index (χ2n) is 8.01. The number of amides is 1. The summed E-state index contributed by atoms with van der Waals surface area (Å²) in [6.07, 6.45) is 6.14. The molecule has 1 aromatic rings. The fourth-order valence-corrected chi connectivity index (χ4v) is 5.20. The number of aromatic nitrogens is 3. The quantitative estimate of drug-likeness (QED) is 0.826. The molecule has 2 bridgehead atoms. The third-order valence-electron chi connectivity index (χ3n) is 6.06. The van der Waals surface area contributed by atoms with Crippen LogP contribution in [0.3, 0.4) is 0 Å². The van der Waals surface area contributed by atoms with E-state index in [0.29, 0.717) is 0 Å². The van der Waals surface area contributed by atoms with Crippen LogP contribution in [0.25, 0.3) is 0 Å². The average molecular weight is 304 g/mol. The SMILES string of the molecule is CC12CC(n3ccnn3)(C1)C(C(=O)N1CC3(CC(O)C3)C1)O2. The standard InChI is InChI=1S/C15H20N4O3/c1-13-6-15(7-13,19-3-2-16-17-19)11(22-13)12(21)18-8-14(9-18)4-10(20)5-14/h2-3,10-11,20H,4-9H2,1H3. The summed E-state index contributed by atoms with van der Waals surface area (Å²) in [5.41, 5.74) is -0.382. The number of nitrogens with zero attached hydrogens (tertiary/aromatic N) is 4. The molecule has 1 spiro atoms. The number of carbonyl (C=O) groups is 1. The van der Waals surface area contributed by atoms with Gasteiger partial charge in [0.2, 0.25) is 0 Å². The van der Waals surface area contributed by atoms with Crippen molar-refractivity contribution in [1.29, 1.82) is 0 Å². The van der Waals surface area contributed by atoms with Crippen LogP contribution in [0.1, 0.15) is 32.6 Å². The Labute approximate surface area is 128 Å². The number of carbonyl (C=O) groups excluding carboxylic acids is 1. The molecule has 5 aliphatic rings. The molecule has 1 atom stereocenters. The maximum atomic E-state index is 12.9. The van der Waals surface area contributed by atoms with Gasteiger partial charge in [-0.2, -0.15) is 0 Å². The summed E-state index contributed by atoms with van der Waals surface area (Å²) in [5.74, 6) is 0.0729.